The molecule has 1 aliphatic carbocycles. The zero-order chi connectivity index (χ0) is 20.9. The van der Waals surface area contributed by atoms with Gasteiger partial charge in [-0.25, -0.2) is 14.6 Å². The third-order valence-electron chi connectivity index (χ3n) is 5.73. The quantitative estimate of drug-likeness (QED) is 0.308. The number of nitriles is 1. The Bertz CT molecular complexity index is 1070. The SMILES string of the molecule is C[SiH](C)CCOCn1ccc2c(-c3cnn(C(=CC#N)C4CCCC4)c3)ncnc21. The van der Waals surface area contributed by atoms with E-state index in [1.807, 2.05) is 33.9 Å². The number of ether oxygens (including phenoxy) is 1. The molecular weight excluding hydrogens is 392 g/mol. The molecule has 0 N–H and O–H groups in total. The number of fused-ring (bicyclic) bond motifs is 1. The third kappa shape index (κ3) is 4.37. The van der Waals surface area contributed by atoms with Crippen LogP contribution in [0.25, 0.3) is 28.0 Å². The number of hydrogen-bond donors (Lipinski definition) is 0. The van der Waals surface area contributed by atoms with Crippen molar-refractivity contribution in [2.24, 2.45) is 5.92 Å². The molecule has 30 heavy (non-hydrogen) atoms. The highest BCUT2D eigenvalue weighted by Gasteiger charge is 2.22. The van der Waals surface area contributed by atoms with Gasteiger partial charge in [0.15, 0.2) is 0 Å². The van der Waals surface area contributed by atoms with Crippen molar-refractivity contribution in [1.82, 2.24) is 24.3 Å². The van der Waals surface area contributed by atoms with Gasteiger partial charge in [-0.1, -0.05) is 25.9 Å². The number of aromatic nitrogens is 5. The molecule has 0 atom stereocenters. The minimum atomic E-state index is -0.594. The van der Waals surface area contributed by atoms with Gasteiger partial charge in [0.05, 0.1) is 23.7 Å². The van der Waals surface area contributed by atoms with Gasteiger partial charge >= 0.3 is 0 Å². The lowest BCUT2D eigenvalue weighted by atomic mass is 10.0. The summed E-state index contributed by atoms with van der Waals surface area (Å²) >= 11 is 0. The summed E-state index contributed by atoms with van der Waals surface area (Å²) in [5.74, 6) is 0.398. The molecule has 1 fully saturated rings. The van der Waals surface area contributed by atoms with E-state index in [1.165, 1.54) is 18.9 Å². The first-order valence-electron chi connectivity index (χ1n) is 10.7. The van der Waals surface area contributed by atoms with Crippen molar-refractivity contribution >= 4 is 25.5 Å². The Morgan fingerprint density at radius 2 is 2.17 bits per heavy atom. The largest absolute Gasteiger partial charge is 0.361 e. The molecule has 0 saturated heterocycles. The van der Waals surface area contributed by atoms with Gasteiger partial charge in [-0.3, -0.25) is 0 Å². The molecular formula is C22H28N6OSi. The summed E-state index contributed by atoms with van der Waals surface area (Å²) in [6.07, 6.45) is 13.7. The van der Waals surface area contributed by atoms with Crippen LogP contribution in [0.2, 0.25) is 19.1 Å². The summed E-state index contributed by atoms with van der Waals surface area (Å²) in [7, 11) is -0.594. The molecule has 7 nitrogen and oxygen atoms in total. The van der Waals surface area contributed by atoms with Crippen LogP contribution in [0.3, 0.4) is 0 Å². The standard InChI is InChI=1S/C22H28N6OSi/c1-30(2)12-11-29-16-27-10-8-19-21(24-15-25-22(19)27)18-13-26-28(14-18)20(7-9-23)17-5-3-4-6-17/h7-8,10,13-15,17,30H,3-6,11-12,16H2,1-2H3. The smallest absolute Gasteiger partial charge is 0.145 e. The lowest BCUT2D eigenvalue weighted by Crippen LogP contribution is -2.08. The van der Waals surface area contributed by atoms with Crippen LogP contribution < -0.4 is 0 Å². The summed E-state index contributed by atoms with van der Waals surface area (Å²) in [5.41, 5.74) is 3.61. The molecule has 3 aromatic rings. The normalized spacial score (nSPS) is 15.3. The second-order valence-electron chi connectivity index (χ2n) is 8.32. The number of allylic oxidation sites excluding steroid dienone is 2. The van der Waals surface area contributed by atoms with E-state index < -0.39 is 8.80 Å². The fraction of sp³-hybridized carbons (Fsp3) is 0.455. The lowest BCUT2D eigenvalue weighted by Gasteiger charge is -2.13. The van der Waals surface area contributed by atoms with Crippen molar-refractivity contribution in [2.45, 2.75) is 51.6 Å². The molecule has 0 amide bonds. The molecule has 0 unspecified atom stereocenters. The van der Waals surface area contributed by atoms with E-state index in [-0.39, 0.29) is 0 Å². The van der Waals surface area contributed by atoms with Crippen molar-refractivity contribution in [3.8, 4) is 17.3 Å². The van der Waals surface area contributed by atoms with Crippen LogP contribution in [0.5, 0.6) is 0 Å². The van der Waals surface area contributed by atoms with Gasteiger partial charge < -0.3 is 9.30 Å². The highest BCUT2D eigenvalue weighted by molar-refractivity contribution is 6.55. The van der Waals surface area contributed by atoms with Crippen molar-refractivity contribution in [1.29, 1.82) is 5.26 Å². The predicted molar refractivity (Wildman–Crippen MR) is 120 cm³/mol. The van der Waals surface area contributed by atoms with Gasteiger partial charge in [0, 0.05) is 50.7 Å². The van der Waals surface area contributed by atoms with E-state index in [0.29, 0.717) is 12.6 Å². The van der Waals surface area contributed by atoms with Crippen LogP contribution in [0, 0.1) is 17.2 Å². The van der Waals surface area contributed by atoms with Crippen LogP contribution >= 0.6 is 0 Å². The highest BCUT2D eigenvalue weighted by Crippen LogP contribution is 2.34. The topological polar surface area (TPSA) is 81.5 Å². The molecule has 3 heterocycles. The molecule has 0 aromatic carbocycles. The fourth-order valence-corrected chi connectivity index (χ4v) is 4.70. The van der Waals surface area contributed by atoms with Gasteiger partial charge in [-0.05, 0) is 25.0 Å². The van der Waals surface area contributed by atoms with Gasteiger partial charge in [0.25, 0.3) is 0 Å². The Kier molecular flexibility index (Phi) is 6.40. The van der Waals surface area contributed by atoms with Crippen LogP contribution in [0.15, 0.2) is 37.1 Å². The molecule has 0 radical (unpaired) electrons. The number of hydrogen-bond acceptors (Lipinski definition) is 5. The highest BCUT2D eigenvalue weighted by atomic mass is 28.3. The van der Waals surface area contributed by atoms with Crippen molar-refractivity contribution in [3.63, 3.8) is 0 Å². The van der Waals surface area contributed by atoms with Gasteiger partial charge in [-0.15, -0.1) is 0 Å². The second-order valence-corrected chi connectivity index (χ2v) is 11.7. The molecule has 4 rings (SSSR count). The molecule has 156 valence electrons. The van der Waals surface area contributed by atoms with Crippen molar-refractivity contribution in [2.75, 3.05) is 6.61 Å². The van der Waals surface area contributed by atoms with E-state index in [9.17, 15) is 5.26 Å². The first-order chi connectivity index (χ1) is 14.7. The van der Waals surface area contributed by atoms with Crippen molar-refractivity contribution < 1.29 is 4.74 Å². The Hall–Kier alpha value is -2.76. The second kappa shape index (κ2) is 9.37. The summed E-state index contributed by atoms with van der Waals surface area (Å²) < 4.78 is 9.71. The minimum absolute atomic E-state index is 0.398. The van der Waals surface area contributed by atoms with E-state index in [0.717, 1.165) is 47.4 Å². The van der Waals surface area contributed by atoms with Crippen LogP contribution in [-0.2, 0) is 11.5 Å². The van der Waals surface area contributed by atoms with Crippen LogP contribution in [0.4, 0.5) is 0 Å². The summed E-state index contributed by atoms with van der Waals surface area (Å²) in [6, 6.07) is 5.41. The average Bonchev–Trinajstić information content (AvgIpc) is 3.50. The summed E-state index contributed by atoms with van der Waals surface area (Å²) in [6.45, 7) is 5.95. The minimum Gasteiger partial charge on any atom is -0.361 e. The molecule has 1 aliphatic rings. The molecule has 0 aliphatic heterocycles. The maximum atomic E-state index is 9.24. The van der Waals surface area contributed by atoms with E-state index in [1.54, 1.807) is 12.4 Å². The number of rotatable bonds is 8. The van der Waals surface area contributed by atoms with Crippen LogP contribution in [0.1, 0.15) is 25.7 Å². The molecule has 0 spiro atoms. The Morgan fingerprint density at radius 3 is 2.93 bits per heavy atom. The van der Waals surface area contributed by atoms with Gasteiger partial charge in [0.2, 0.25) is 0 Å². The Morgan fingerprint density at radius 1 is 1.33 bits per heavy atom. The van der Waals surface area contributed by atoms with E-state index >= 15 is 0 Å². The Balaban J connectivity index is 1.58. The monoisotopic (exact) mass is 420 g/mol. The molecule has 8 heteroatoms. The van der Waals surface area contributed by atoms with Gasteiger partial charge in [-0.2, -0.15) is 10.4 Å². The Labute approximate surface area is 178 Å². The molecule has 1 saturated carbocycles. The van der Waals surface area contributed by atoms with E-state index in [2.05, 4.69) is 34.2 Å². The summed E-state index contributed by atoms with van der Waals surface area (Å²) in [5, 5.41) is 14.8. The third-order valence-corrected chi connectivity index (χ3v) is 7.12. The lowest BCUT2D eigenvalue weighted by molar-refractivity contribution is 0.0902. The first kappa shape index (κ1) is 20.5. The van der Waals surface area contributed by atoms with Crippen molar-refractivity contribution in [3.05, 3.63) is 37.1 Å². The van der Waals surface area contributed by atoms with Gasteiger partial charge in [0.1, 0.15) is 18.7 Å². The van der Waals surface area contributed by atoms with Crippen LogP contribution in [-0.4, -0.2) is 39.7 Å². The van der Waals surface area contributed by atoms with E-state index in [4.69, 9.17) is 4.74 Å². The molecule has 0 bridgehead atoms. The maximum absolute atomic E-state index is 9.24. The number of nitrogens with zero attached hydrogens (tertiary/aromatic N) is 6. The molecule has 3 aromatic heterocycles. The summed E-state index contributed by atoms with van der Waals surface area (Å²) in [4.78, 5) is 9.00. The zero-order valence-corrected chi connectivity index (χ0v) is 18.8. The zero-order valence-electron chi connectivity index (χ0n) is 17.7. The first-order valence-corrected chi connectivity index (χ1v) is 13.8. The fourth-order valence-electron chi connectivity index (χ4n) is 4.06. The average molecular weight is 421 g/mol. The predicted octanol–water partition coefficient (Wildman–Crippen LogP) is 4.31. The maximum Gasteiger partial charge on any atom is 0.145 e.